The van der Waals surface area contributed by atoms with Crippen molar-refractivity contribution in [1.29, 1.82) is 0 Å². The van der Waals surface area contributed by atoms with Crippen molar-refractivity contribution in [3.8, 4) is 0 Å². The van der Waals surface area contributed by atoms with Gasteiger partial charge in [-0.25, -0.2) is 9.97 Å². The zero-order chi connectivity index (χ0) is 15.9. The molecule has 0 unspecified atom stereocenters. The van der Waals surface area contributed by atoms with Gasteiger partial charge >= 0.3 is 0 Å². The fourth-order valence-corrected chi connectivity index (χ4v) is 3.83. The summed E-state index contributed by atoms with van der Waals surface area (Å²) >= 11 is 0. The van der Waals surface area contributed by atoms with E-state index in [1.807, 2.05) is 18.0 Å². The lowest BCUT2D eigenvalue weighted by atomic mass is 9.65. The Balaban J connectivity index is 1.35. The predicted molar refractivity (Wildman–Crippen MR) is 84.8 cm³/mol. The largest absolute Gasteiger partial charge is 0.351 e. The van der Waals surface area contributed by atoms with Crippen molar-refractivity contribution in [3.05, 3.63) is 36.4 Å². The summed E-state index contributed by atoms with van der Waals surface area (Å²) < 4.78 is 1.64. The highest BCUT2D eigenvalue weighted by Crippen LogP contribution is 2.49. The molecule has 4 rings (SSSR count). The van der Waals surface area contributed by atoms with Crippen molar-refractivity contribution < 1.29 is 4.79 Å². The zero-order valence-electron chi connectivity index (χ0n) is 13.1. The fourth-order valence-electron chi connectivity index (χ4n) is 3.83. The molecule has 23 heavy (non-hydrogen) atoms. The summed E-state index contributed by atoms with van der Waals surface area (Å²) in [4.78, 5) is 22.9. The summed E-state index contributed by atoms with van der Waals surface area (Å²) in [6.07, 6.45) is 8.37. The molecule has 120 valence electrons. The Morgan fingerprint density at radius 3 is 2.78 bits per heavy atom. The summed E-state index contributed by atoms with van der Waals surface area (Å²) in [5.41, 5.74) is 0.925. The number of amides is 1. The van der Waals surface area contributed by atoms with Crippen LogP contribution in [0.3, 0.4) is 0 Å². The zero-order valence-corrected chi connectivity index (χ0v) is 13.1. The Kier molecular flexibility index (Phi) is 3.28. The van der Waals surface area contributed by atoms with Crippen molar-refractivity contribution in [2.75, 3.05) is 18.4 Å². The fraction of sp³-hybridized carbons (Fsp3) is 0.500. The summed E-state index contributed by atoms with van der Waals surface area (Å²) in [6.45, 7) is 1.67. The summed E-state index contributed by atoms with van der Waals surface area (Å²) in [5, 5.41) is 7.45. The lowest BCUT2D eigenvalue weighted by molar-refractivity contribution is 0.0705. The second-order valence-electron chi connectivity index (χ2n) is 6.64. The Morgan fingerprint density at radius 2 is 2.09 bits per heavy atom. The van der Waals surface area contributed by atoms with Crippen LogP contribution < -0.4 is 5.32 Å². The Morgan fingerprint density at radius 1 is 1.30 bits per heavy atom. The molecule has 0 bridgehead atoms. The van der Waals surface area contributed by atoms with E-state index in [1.165, 1.54) is 0 Å². The van der Waals surface area contributed by atoms with Gasteiger partial charge in [0.15, 0.2) is 0 Å². The molecule has 7 heteroatoms. The molecule has 2 fully saturated rings. The monoisotopic (exact) mass is 312 g/mol. The van der Waals surface area contributed by atoms with Gasteiger partial charge in [0.1, 0.15) is 5.69 Å². The van der Waals surface area contributed by atoms with Crippen LogP contribution in [0.2, 0.25) is 0 Å². The second kappa shape index (κ2) is 5.33. The van der Waals surface area contributed by atoms with Gasteiger partial charge in [-0.3, -0.25) is 9.48 Å². The molecule has 1 N–H and O–H groups in total. The number of likely N-dealkylation sites (tertiary alicyclic amines) is 1. The normalized spacial score (nSPS) is 26.3. The average molecular weight is 312 g/mol. The quantitative estimate of drug-likeness (QED) is 0.925. The van der Waals surface area contributed by atoms with Gasteiger partial charge in [-0.2, -0.15) is 5.10 Å². The molecule has 2 aromatic heterocycles. The number of aromatic nitrogens is 4. The van der Waals surface area contributed by atoms with Gasteiger partial charge in [-0.15, -0.1) is 0 Å². The molecule has 2 aliphatic rings. The third-order valence-electron chi connectivity index (χ3n) is 5.02. The third kappa shape index (κ3) is 2.56. The number of hydrogen-bond acceptors (Lipinski definition) is 5. The molecule has 1 spiro atoms. The smallest absolute Gasteiger partial charge is 0.272 e. The van der Waals surface area contributed by atoms with Crippen LogP contribution >= 0.6 is 0 Å². The van der Waals surface area contributed by atoms with E-state index in [4.69, 9.17) is 0 Å². The van der Waals surface area contributed by atoms with E-state index in [0.717, 1.165) is 32.4 Å². The van der Waals surface area contributed by atoms with Crippen LogP contribution in [-0.2, 0) is 7.05 Å². The molecule has 1 amide bonds. The molecule has 1 aliphatic carbocycles. The van der Waals surface area contributed by atoms with Gasteiger partial charge in [0, 0.05) is 44.8 Å². The number of carbonyl (C=O) groups is 1. The maximum atomic E-state index is 12.6. The van der Waals surface area contributed by atoms with Crippen molar-refractivity contribution >= 4 is 11.9 Å². The number of nitrogens with zero attached hydrogens (tertiary/aromatic N) is 5. The third-order valence-corrected chi connectivity index (χ3v) is 5.02. The molecular formula is C16H20N6O. The number of rotatable bonds is 3. The first-order chi connectivity index (χ1) is 11.2. The maximum absolute atomic E-state index is 12.6. The van der Waals surface area contributed by atoms with Crippen molar-refractivity contribution in [3.63, 3.8) is 0 Å². The average Bonchev–Trinajstić information content (AvgIpc) is 3.14. The Labute approximate surface area is 134 Å². The lowest BCUT2D eigenvalue weighted by Gasteiger charge is -2.45. The first-order valence-corrected chi connectivity index (χ1v) is 7.96. The van der Waals surface area contributed by atoms with Crippen LogP contribution in [0.15, 0.2) is 30.7 Å². The summed E-state index contributed by atoms with van der Waals surface area (Å²) in [6, 6.07) is 4.00. The molecular weight excluding hydrogens is 292 g/mol. The van der Waals surface area contributed by atoms with Crippen LogP contribution in [0.1, 0.15) is 29.8 Å². The minimum Gasteiger partial charge on any atom is -0.351 e. The van der Waals surface area contributed by atoms with E-state index in [1.54, 1.807) is 29.3 Å². The minimum absolute atomic E-state index is 0.0877. The van der Waals surface area contributed by atoms with E-state index < -0.39 is 0 Å². The van der Waals surface area contributed by atoms with E-state index in [-0.39, 0.29) is 11.3 Å². The van der Waals surface area contributed by atoms with Crippen molar-refractivity contribution in [2.24, 2.45) is 12.5 Å². The molecule has 1 aliphatic heterocycles. The highest BCUT2D eigenvalue weighted by molar-refractivity contribution is 5.92. The Bertz CT molecular complexity index is 706. The molecule has 0 atom stereocenters. The van der Waals surface area contributed by atoms with Gasteiger partial charge in [0.05, 0.1) is 0 Å². The summed E-state index contributed by atoms with van der Waals surface area (Å²) in [7, 11) is 1.81. The van der Waals surface area contributed by atoms with Crippen LogP contribution in [0, 0.1) is 5.41 Å². The van der Waals surface area contributed by atoms with Gasteiger partial charge < -0.3 is 10.2 Å². The van der Waals surface area contributed by atoms with E-state index in [0.29, 0.717) is 17.7 Å². The minimum atomic E-state index is 0.0877. The van der Waals surface area contributed by atoms with E-state index >= 15 is 0 Å². The van der Waals surface area contributed by atoms with Crippen LogP contribution in [0.4, 0.5) is 5.95 Å². The highest BCUT2D eigenvalue weighted by Gasteiger charge is 2.49. The van der Waals surface area contributed by atoms with Gasteiger partial charge in [-0.05, 0) is 36.8 Å². The number of carbonyl (C=O) groups excluding carboxylic acids is 1. The first-order valence-electron chi connectivity index (χ1n) is 7.96. The van der Waals surface area contributed by atoms with E-state index in [9.17, 15) is 4.79 Å². The summed E-state index contributed by atoms with van der Waals surface area (Å²) in [5.74, 6) is 0.776. The van der Waals surface area contributed by atoms with E-state index in [2.05, 4.69) is 20.4 Å². The van der Waals surface area contributed by atoms with Crippen LogP contribution in [0.25, 0.3) is 0 Å². The SMILES string of the molecule is Cn1nccc1C(=O)N1CCC2(CC(Nc3ncccn3)C2)C1. The molecule has 0 aromatic carbocycles. The first kappa shape index (κ1) is 14.2. The number of nitrogens with one attached hydrogen (secondary N) is 1. The van der Waals surface area contributed by atoms with Gasteiger partial charge in [-0.1, -0.05) is 0 Å². The maximum Gasteiger partial charge on any atom is 0.272 e. The molecule has 2 aromatic rings. The lowest BCUT2D eigenvalue weighted by Crippen LogP contribution is -2.47. The molecule has 1 saturated carbocycles. The van der Waals surface area contributed by atoms with Gasteiger partial charge in [0.2, 0.25) is 5.95 Å². The van der Waals surface area contributed by atoms with Gasteiger partial charge in [0.25, 0.3) is 5.91 Å². The highest BCUT2D eigenvalue weighted by atomic mass is 16.2. The molecule has 3 heterocycles. The number of anilines is 1. The van der Waals surface area contributed by atoms with Crippen LogP contribution in [0.5, 0.6) is 0 Å². The number of hydrogen-bond donors (Lipinski definition) is 1. The Hall–Kier alpha value is -2.44. The number of aryl methyl sites for hydroxylation is 1. The van der Waals surface area contributed by atoms with Crippen molar-refractivity contribution in [2.45, 2.75) is 25.3 Å². The topological polar surface area (TPSA) is 75.9 Å². The molecule has 1 saturated heterocycles. The van der Waals surface area contributed by atoms with Crippen molar-refractivity contribution in [1.82, 2.24) is 24.6 Å². The predicted octanol–water partition coefficient (Wildman–Crippen LogP) is 1.32. The van der Waals surface area contributed by atoms with Crippen LogP contribution in [-0.4, -0.2) is 49.7 Å². The second-order valence-corrected chi connectivity index (χ2v) is 6.64. The molecule has 0 radical (unpaired) electrons. The standard InChI is InChI=1S/C16H20N6O/c1-21-13(3-7-19-21)14(23)22-8-4-16(11-22)9-12(10-16)20-15-17-5-2-6-18-15/h2-3,5-7,12H,4,8-11H2,1H3,(H,17,18,20). The molecule has 7 nitrogen and oxygen atoms in total.